The van der Waals surface area contributed by atoms with Crippen molar-refractivity contribution in [3.8, 4) is 5.82 Å². The molecule has 2 N–H and O–H groups in total. The van der Waals surface area contributed by atoms with Crippen molar-refractivity contribution in [1.82, 2.24) is 24.3 Å². The van der Waals surface area contributed by atoms with E-state index in [-0.39, 0.29) is 5.91 Å². The molecule has 0 bridgehead atoms. The molecule has 27 heavy (non-hydrogen) atoms. The smallest absolute Gasteiger partial charge is 0.261 e. The molecule has 1 amide bonds. The number of imidazole rings is 1. The van der Waals surface area contributed by atoms with Crippen LogP contribution in [0, 0.1) is 5.92 Å². The lowest BCUT2D eigenvalue weighted by molar-refractivity contribution is 0.102. The van der Waals surface area contributed by atoms with Gasteiger partial charge in [0.25, 0.3) is 5.91 Å². The Bertz CT molecular complexity index is 1090. The normalized spacial score (nSPS) is 11.4. The number of carbonyl (C=O) groups excluding carboxylic acids is 1. The lowest BCUT2D eigenvalue weighted by Crippen LogP contribution is -2.14. The molecular formula is C20H22N6O. The van der Waals surface area contributed by atoms with Crippen molar-refractivity contribution >= 4 is 22.6 Å². The fraction of sp³-hybridized carbons (Fsp3) is 0.250. The van der Waals surface area contributed by atoms with Crippen molar-refractivity contribution in [3.63, 3.8) is 0 Å². The molecule has 7 heteroatoms. The fourth-order valence-corrected chi connectivity index (χ4v) is 3.20. The van der Waals surface area contributed by atoms with E-state index < -0.39 is 0 Å². The van der Waals surface area contributed by atoms with Crippen LogP contribution in [0.15, 0.2) is 48.9 Å². The number of benzene rings is 1. The summed E-state index contributed by atoms with van der Waals surface area (Å²) >= 11 is 0. The Balaban J connectivity index is 1.60. The molecule has 4 aromatic rings. The van der Waals surface area contributed by atoms with E-state index in [2.05, 4.69) is 34.2 Å². The van der Waals surface area contributed by atoms with Gasteiger partial charge in [0.15, 0.2) is 0 Å². The van der Waals surface area contributed by atoms with Gasteiger partial charge in [-0.3, -0.25) is 9.48 Å². The summed E-state index contributed by atoms with van der Waals surface area (Å²) in [6.45, 7) is 4.32. The monoisotopic (exact) mass is 362 g/mol. The van der Waals surface area contributed by atoms with E-state index in [9.17, 15) is 4.79 Å². The minimum absolute atomic E-state index is 0.201. The lowest BCUT2D eigenvalue weighted by atomic mass is 10.1. The van der Waals surface area contributed by atoms with E-state index in [4.69, 9.17) is 0 Å². The number of carbonyl (C=O) groups is 1. The standard InChI is InChI=1S/C20H22N6O/c1-13(2)10-18-23-16-7-6-14(11-17(16)24-18)22-19(27)15-12-21-25(3)20(15)26-8-4-5-9-26/h4-9,11-13H,10H2,1-3H3,(H,22,27)(H,23,24). The van der Waals surface area contributed by atoms with Crippen LogP contribution in [0.5, 0.6) is 0 Å². The maximum Gasteiger partial charge on any atom is 0.261 e. The fourth-order valence-electron chi connectivity index (χ4n) is 3.20. The Hall–Kier alpha value is -3.35. The molecule has 7 nitrogen and oxygen atoms in total. The first-order valence-corrected chi connectivity index (χ1v) is 8.96. The molecule has 0 radical (unpaired) electrons. The highest BCUT2D eigenvalue weighted by Gasteiger charge is 2.18. The summed E-state index contributed by atoms with van der Waals surface area (Å²) in [4.78, 5) is 20.8. The first kappa shape index (κ1) is 17.1. The molecular weight excluding hydrogens is 340 g/mol. The summed E-state index contributed by atoms with van der Waals surface area (Å²) in [5.74, 6) is 2.01. The van der Waals surface area contributed by atoms with E-state index in [1.165, 1.54) is 0 Å². The van der Waals surface area contributed by atoms with Gasteiger partial charge < -0.3 is 14.9 Å². The van der Waals surface area contributed by atoms with Gasteiger partial charge in [-0.25, -0.2) is 4.98 Å². The first-order valence-electron chi connectivity index (χ1n) is 8.96. The highest BCUT2D eigenvalue weighted by Crippen LogP contribution is 2.21. The number of rotatable bonds is 5. The third-order valence-corrected chi connectivity index (χ3v) is 4.39. The average Bonchev–Trinajstić information content (AvgIpc) is 3.32. The molecule has 0 fully saturated rings. The van der Waals surface area contributed by atoms with Crippen molar-refractivity contribution in [2.24, 2.45) is 13.0 Å². The predicted octanol–water partition coefficient (Wildman–Crippen LogP) is 3.54. The van der Waals surface area contributed by atoms with Gasteiger partial charge in [-0.05, 0) is 36.2 Å². The minimum Gasteiger partial charge on any atom is -0.342 e. The Morgan fingerprint density at radius 1 is 1.26 bits per heavy atom. The Kier molecular flexibility index (Phi) is 4.27. The molecule has 0 saturated carbocycles. The SMILES string of the molecule is CC(C)Cc1nc2ccc(NC(=O)c3cnn(C)c3-n3cccc3)cc2[nH]1. The van der Waals surface area contributed by atoms with E-state index >= 15 is 0 Å². The predicted molar refractivity (Wildman–Crippen MR) is 105 cm³/mol. The van der Waals surface area contributed by atoms with Crippen LogP contribution in [-0.2, 0) is 13.5 Å². The van der Waals surface area contributed by atoms with Crippen LogP contribution in [0.25, 0.3) is 16.9 Å². The molecule has 4 rings (SSSR count). The zero-order chi connectivity index (χ0) is 19.0. The molecule has 0 aliphatic rings. The number of hydrogen-bond donors (Lipinski definition) is 2. The molecule has 0 aliphatic heterocycles. The number of aryl methyl sites for hydroxylation is 1. The second kappa shape index (κ2) is 6.75. The van der Waals surface area contributed by atoms with Crippen LogP contribution in [-0.4, -0.2) is 30.2 Å². The van der Waals surface area contributed by atoms with Crippen LogP contribution in [0.1, 0.15) is 30.0 Å². The summed E-state index contributed by atoms with van der Waals surface area (Å²) in [6, 6.07) is 9.52. The number of hydrogen-bond acceptors (Lipinski definition) is 3. The van der Waals surface area contributed by atoms with Gasteiger partial charge in [0.2, 0.25) is 0 Å². The van der Waals surface area contributed by atoms with E-state index in [1.54, 1.807) is 10.9 Å². The zero-order valence-corrected chi connectivity index (χ0v) is 15.6. The number of amides is 1. The number of anilines is 1. The summed E-state index contributed by atoms with van der Waals surface area (Å²) in [5, 5.41) is 7.20. The third kappa shape index (κ3) is 3.36. The maximum atomic E-state index is 12.8. The van der Waals surface area contributed by atoms with Crippen LogP contribution >= 0.6 is 0 Å². The van der Waals surface area contributed by atoms with Gasteiger partial charge >= 0.3 is 0 Å². The van der Waals surface area contributed by atoms with E-state index in [0.717, 1.165) is 34.8 Å². The van der Waals surface area contributed by atoms with Crippen molar-refractivity contribution in [3.05, 3.63) is 60.3 Å². The largest absolute Gasteiger partial charge is 0.342 e. The molecule has 0 atom stereocenters. The van der Waals surface area contributed by atoms with Crippen LogP contribution in [0.4, 0.5) is 5.69 Å². The summed E-state index contributed by atoms with van der Waals surface area (Å²) < 4.78 is 3.56. The van der Waals surface area contributed by atoms with Gasteiger partial charge in [0, 0.05) is 31.5 Å². The minimum atomic E-state index is -0.201. The van der Waals surface area contributed by atoms with Gasteiger partial charge in [0.1, 0.15) is 17.2 Å². The van der Waals surface area contributed by atoms with Crippen LogP contribution in [0.3, 0.4) is 0 Å². The van der Waals surface area contributed by atoms with E-state index in [0.29, 0.717) is 11.5 Å². The second-order valence-corrected chi connectivity index (χ2v) is 7.06. The van der Waals surface area contributed by atoms with Crippen LogP contribution in [0.2, 0.25) is 0 Å². The highest BCUT2D eigenvalue weighted by molar-refractivity contribution is 6.06. The van der Waals surface area contributed by atoms with E-state index in [1.807, 2.05) is 54.3 Å². The molecule has 0 spiro atoms. The van der Waals surface area contributed by atoms with Gasteiger partial charge in [-0.1, -0.05) is 13.8 Å². The van der Waals surface area contributed by atoms with Gasteiger partial charge in [-0.15, -0.1) is 0 Å². The number of nitrogens with zero attached hydrogens (tertiary/aromatic N) is 4. The van der Waals surface area contributed by atoms with Crippen molar-refractivity contribution in [2.45, 2.75) is 20.3 Å². The molecule has 0 saturated heterocycles. The van der Waals surface area contributed by atoms with Crippen molar-refractivity contribution in [1.29, 1.82) is 0 Å². The Labute approximate surface area is 157 Å². The third-order valence-electron chi connectivity index (χ3n) is 4.39. The molecule has 1 aromatic carbocycles. The van der Waals surface area contributed by atoms with Crippen molar-refractivity contribution in [2.75, 3.05) is 5.32 Å². The summed E-state index contributed by atoms with van der Waals surface area (Å²) in [5.41, 5.74) is 3.05. The Morgan fingerprint density at radius 3 is 2.78 bits per heavy atom. The number of fused-ring (bicyclic) bond motifs is 1. The summed E-state index contributed by atoms with van der Waals surface area (Å²) in [6.07, 6.45) is 6.26. The molecule has 3 aromatic heterocycles. The van der Waals surface area contributed by atoms with Crippen molar-refractivity contribution < 1.29 is 4.79 Å². The molecule has 0 aliphatic carbocycles. The number of aromatic nitrogens is 5. The number of aromatic amines is 1. The highest BCUT2D eigenvalue weighted by atomic mass is 16.1. The van der Waals surface area contributed by atoms with Crippen LogP contribution < -0.4 is 5.32 Å². The summed E-state index contributed by atoms with van der Waals surface area (Å²) in [7, 11) is 1.82. The first-order chi connectivity index (χ1) is 13.0. The average molecular weight is 362 g/mol. The topological polar surface area (TPSA) is 80.5 Å². The van der Waals surface area contributed by atoms with Gasteiger partial charge in [0.05, 0.1) is 17.2 Å². The Morgan fingerprint density at radius 2 is 2.04 bits per heavy atom. The number of nitrogens with one attached hydrogen (secondary N) is 2. The molecule has 3 heterocycles. The number of H-pyrrole nitrogens is 1. The lowest BCUT2D eigenvalue weighted by Gasteiger charge is -2.08. The zero-order valence-electron chi connectivity index (χ0n) is 15.6. The quantitative estimate of drug-likeness (QED) is 0.570. The maximum absolute atomic E-state index is 12.8. The van der Waals surface area contributed by atoms with Gasteiger partial charge in [-0.2, -0.15) is 5.10 Å². The molecule has 0 unspecified atom stereocenters. The second-order valence-electron chi connectivity index (χ2n) is 7.06. The molecule has 138 valence electrons.